The molecule has 4 rings (SSSR count). The number of aliphatic hydroxyl groups excluding tert-OH is 2. The Morgan fingerprint density at radius 3 is 1.31 bits per heavy atom. The Bertz CT molecular complexity index is 2840. The molecule has 4 aliphatic rings. The van der Waals surface area contributed by atoms with Gasteiger partial charge in [0.05, 0.1) is 32.3 Å². The number of aliphatic hydroxyl groups is 2. The second-order valence-corrected chi connectivity index (χ2v) is 33.4. The highest BCUT2D eigenvalue weighted by Gasteiger charge is 2.45. The molecule has 0 unspecified atom stereocenters. The Morgan fingerprint density at radius 1 is 0.415 bits per heavy atom. The number of rotatable bonds is 22. The van der Waals surface area contributed by atoms with Crippen molar-refractivity contribution in [2.75, 3.05) is 88.8 Å². The maximum atomic E-state index is 15.8. The lowest BCUT2D eigenvalue weighted by Gasteiger charge is -2.39. The Morgan fingerprint density at radius 2 is 0.811 bits per heavy atom. The number of carbonyl (C=O) groups is 12. The lowest BCUT2D eigenvalue weighted by Crippen LogP contribution is -2.63. The SMILES string of the molecule is CC(C)C[C@@H]1NC(=O)[C@H](CCC2CCCCC2)N(C)C(=O)[C@H](CCC2CCCCC2)N(C)C(=O)[C@H](COCCO)NC(=O)[C@H](CC(C)C)N(C)C(=O)CCCN(C)C(=O)C[C@@H](C(=O)N2CCCCC2)NC(=O)[C@H](CC(C)C)N(C)C(=O)[C@H](CC(C)C)N(C)C(=O)[C@H]([C@@H](C)O)NC(=O)[C@H](CC(C)C)N(C)C1=O. The van der Waals surface area contributed by atoms with Gasteiger partial charge in [-0.2, -0.15) is 0 Å². The minimum atomic E-state index is -1.66. The summed E-state index contributed by atoms with van der Waals surface area (Å²) in [4.78, 5) is 192. The highest BCUT2D eigenvalue weighted by molar-refractivity contribution is 5.99. The molecule has 11 atom stereocenters. The van der Waals surface area contributed by atoms with Gasteiger partial charge in [-0.3, -0.25) is 57.5 Å². The van der Waals surface area contributed by atoms with E-state index >= 15 is 38.4 Å². The Hall–Kier alpha value is -6.48. The molecule has 0 spiro atoms. The van der Waals surface area contributed by atoms with Crippen molar-refractivity contribution in [1.29, 1.82) is 0 Å². The van der Waals surface area contributed by atoms with Crippen molar-refractivity contribution in [1.82, 2.24) is 60.5 Å². The fourth-order valence-electron chi connectivity index (χ4n) is 15.6. The molecule has 27 nitrogen and oxygen atoms in total. The summed E-state index contributed by atoms with van der Waals surface area (Å²) in [5.41, 5.74) is 0. The number of piperidine rings is 1. The van der Waals surface area contributed by atoms with Gasteiger partial charge >= 0.3 is 0 Å². The van der Waals surface area contributed by atoms with E-state index in [9.17, 15) is 29.4 Å². The molecule has 12 amide bonds. The van der Waals surface area contributed by atoms with Crippen molar-refractivity contribution in [2.24, 2.45) is 41.4 Å². The monoisotopic (exact) mass is 1500 g/mol. The number of nitrogens with zero attached hydrogens (tertiary/aromatic N) is 8. The van der Waals surface area contributed by atoms with Crippen LogP contribution >= 0.6 is 0 Å². The maximum Gasteiger partial charge on any atom is 0.248 e. The molecule has 2 heterocycles. The smallest absolute Gasteiger partial charge is 0.248 e. The number of nitrogens with one attached hydrogen (secondary N) is 4. The summed E-state index contributed by atoms with van der Waals surface area (Å²) in [5.74, 6) is -8.03. The second kappa shape index (κ2) is 45.5. The zero-order chi connectivity index (χ0) is 79.4. The molecule has 4 fully saturated rings. The summed E-state index contributed by atoms with van der Waals surface area (Å²) in [6.07, 6.45) is 12.4. The topological polar surface area (TPSA) is 329 Å². The molecular weight excluding hydrogens is 1360 g/mol. The summed E-state index contributed by atoms with van der Waals surface area (Å²) < 4.78 is 5.81. The van der Waals surface area contributed by atoms with Crippen LogP contribution in [0.2, 0.25) is 0 Å². The van der Waals surface area contributed by atoms with E-state index in [0.29, 0.717) is 38.8 Å². The van der Waals surface area contributed by atoms with Crippen LogP contribution in [-0.2, 0) is 62.3 Å². The highest BCUT2D eigenvalue weighted by atomic mass is 16.5. The van der Waals surface area contributed by atoms with Crippen molar-refractivity contribution in [3.8, 4) is 0 Å². The predicted octanol–water partition coefficient (Wildman–Crippen LogP) is 5.88. The van der Waals surface area contributed by atoms with Gasteiger partial charge in [0, 0.05) is 75.4 Å². The van der Waals surface area contributed by atoms with Crippen LogP contribution in [0.1, 0.15) is 237 Å². The molecular formula is C79H140N12O15. The molecule has 2 aliphatic heterocycles. The van der Waals surface area contributed by atoms with Crippen LogP contribution in [0, 0.1) is 41.4 Å². The van der Waals surface area contributed by atoms with Crippen LogP contribution in [0.3, 0.4) is 0 Å². The van der Waals surface area contributed by atoms with E-state index in [1.165, 1.54) is 78.6 Å². The molecule has 2 saturated heterocycles. The van der Waals surface area contributed by atoms with Crippen LogP contribution in [0.4, 0.5) is 0 Å². The first kappa shape index (κ1) is 91.9. The average Bonchev–Trinajstić information content (AvgIpc) is 0.818. The molecule has 606 valence electrons. The van der Waals surface area contributed by atoms with Crippen molar-refractivity contribution in [2.45, 2.75) is 303 Å². The number of likely N-dealkylation sites (N-methyl/N-ethyl adjacent to an activating group) is 6. The maximum absolute atomic E-state index is 15.8. The summed E-state index contributed by atoms with van der Waals surface area (Å²) >= 11 is 0. The van der Waals surface area contributed by atoms with E-state index < -0.39 is 157 Å². The van der Waals surface area contributed by atoms with E-state index in [2.05, 4.69) is 21.3 Å². The zero-order valence-electron chi connectivity index (χ0n) is 68.1. The highest BCUT2D eigenvalue weighted by Crippen LogP contribution is 2.32. The summed E-state index contributed by atoms with van der Waals surface area (Å²) in [5, 5.41) is 33.0. The van der Waals surface area contributed by atoms with Crippen molar-refractivity contribution >= 4 is 70.9 Å². The standard InChI is InChI=1S/C79H140N12O15/c1-50(2)43-58-74(100)88(16)65(46-53(7)8)73(99)83-69(55(11)93)79(105)90(18)66(47-54(9)10)78(104)89(17)64(45-52(5)6)72(98)81-59(76(102)91-39-26-21-27-40-91)48-68(95)84(12)38-28-33-67(94)85(13)63(44-51(3)4)71(97)82-60(49-106-42-41-92)75(101)87(15)62(37-35-57-31-24-20-25-32-57)77(103)86(14)61(70(96)80-58)36-34-56-29-22-19-23-30-56/h50-66,69,92-93H,19-49H2,1-18H3,(H,80,96)(H,81,98)(H,82,97)(H,83,99)/t55-,58+,59+,60+,61+,62+,63+,64+,65+,66+,69+/m1/s1. The number of carbonyl (C=O) groups excluding carboxylic acids is 12. The van der Waals surface area contributed by atoms with E-state index in [-0.39, 0.29) is 112 Å². The summed E-state index contributed by atoms with van der Waals surface area (Å²) in [6.45, 7) is 19.9. The predicted molar refractivity (Wildman–Crippen MR) is 407 cm³/mol. The largest absolute Gasteiger partial charge is 0.394 e. The van der Waals surface area contributed by atoms with Gasteiger partial charge in [-0.15, -0.1) is 0 Å². The third-order valence-electron chi connectivity index (χ3n) is 22.1. The third-order valence-corrected chi connectivity index (χ3v) is 22.1. The average molecular weight is 1500 g/mol. The van der Waals surface area contributed by atoms with Gasteiger partial charge in [0.15, 0.2) is 0 Å². The first-order valence-corrected chi connectivity index (χ1v) is 40.1. The number of hydrogen-bond acceptors (Lipinski definition) is 15. The zero-order valence-corrected chi connectivity index (χ0v) is 68.1. The Balaban J connectivity index is 1.95. The van der Waals surface area contributed by atoms with E-state index in [0.717, 1.165) is 75.5 Å². The van der Waals surface area contributed by atoms with Crippen LogP contribution in [-0.4, -0.2) is 276 Å². The van der Waals surface area contributed by atoms with Crippen LogP contribution < -0.4 is 21.3 Å². The van der Waals surface area contributed by atoms with Crippen molar-refractivity contribution < 1.29 is 72.5 Å². The Labute approximate surface area is 634 Å². The molecule has 0 aromatic heterocycles. The van der Waals surface area contributed by atoms with Crippen LogP contribution in [0.15, 0.2) is 0 Å². The lowest BCUT2D eigenvalue weighted by molar-refractivity contribution is -0.152. The summed E-state index contributed by atoms with van der Waals surface area (Å²) in [7, 11) is 10.3. The molecule has 27 heteroatoms. The molecule has 0 radical (unpaired) electrons. The van der Waals surface area contributed by atoms with E-state index in [1.54, 1.807) is 11.9 Å². The van der Waals surface area contributed by atoms with E-state index in [4.69, 9.17) is 4.74 Å². The fourth-order valence-corrected chi connectivity index (χ4v) is 15.6. The van der Waals surface area contributed by atoms with Gasteiger partial charge in [0.25, 0.3) is 0 Å². The summed E-state index contributed by atoms with van der Waals surface area (Å²) in [6, 6.07) is -12.9. The first-order chi connectivity index (χ1) is 49.9. The van der Waals surface area contributed by atoms with Gasteiger partial charge in [-0.25, -0.2) is 0 Å². The molecule has 0 aromatic rings. The molecule has 106 heavy (non-hydrogen) atoms. The molecule has 6 N–H and O–H groups in total. The van der Waals surface area contributed by atoms with Gasteiger partial charge in [-0.1, -0.05) is 133 Å². The first-order valence-electron chi connectivity index (χ1n) is 40.1. The molecule has 2 saturated carbocycles. The molecule has 0 bridgehead atoms. The quantitative estimate of drug-likeness (QED) is 0.0689. The van der Waals surface area contributed by atoms with Crippen molar-refractivity contribution in [3.05, 3.63) is 0 Å². The van der Waals surface area contributed by atoms with Crippen LogP contribution in [0.5, 0.6) is 0 Å². The normalized spacial score (nSPS) is 26.8. The number of ether oxygens (including phenoxy) is 1. The number of amides is 12. The van der Waals surface area contributed by atoms with Gasteiger partial charge in [-0.05, 0) is 132 Å². The van der Waals surface area contributed by atoms with E-state index in [1.807, 2.05) is 69.2 Å². The van der Waals surface area contributed by atoms with Crippen molar-refractivity contribution in [3.63, 3.8) is 0 Å². The number of hydrogen-bond donors (Lipinski definition) is 6. The van der Waals surface area contributed by atoms with Gasteiger partial charge in [0.2, 0.25) is 70.9 Å². The van der Waals surface area contributed by atoms with Gasteiger partial charge in [0.1, 0.15) is 60.4 Å². The fraction of sp³-hybridized carbons (Fsp3) is 0.848. The van der Waals surface area contributed by atoms with Gasteiger partial charge < -0.3 is 75.4 Å². The third kappa shape index (κ3) is 28.5. The minimum Gasteiger partial charge on any atom is -0.394 e. The Kier molecular flexibility index (Phi) is 39.4. The van der Waals surface area contributed by atoms with Crippen LogP contribution in [0.25, 0.3) is 0 Å². The minimum absolute atomic E-state index is 0.0368. The lowest BCUT2D eigenvalue weighted by atomic mass is 9.84. The second-order valence-electron chi connectivity index (χ2n) is 33.4. The molecule has 0 aromatic carbocycles. The molecule has 2 aliphatic carbocycles. The number of likely N-dealkylation sites (tertiary alicyclic amines) is 1.